The minimum absolute atomic E-state index is 0.0141. The van der Waals surface area contributed by atoms with Crippen LogP contribution in [0.3, 0.4) is 0 Å². The molecule has 0 aliphatic rings. The van der Waals surface area contributed by atoms with Gasteiger partial charge >= 0.3 is 6.09 Å². The van der Waals surface area contributed by atoms with E-state index in [2.05, 4.69) is 31.4 Å². The SMILES string of the molecule is CC(C)(C)CC(C)(C)NC(=O)CCCNC(=O)OC(C)(C)C. The summed E-state index contributed by atoms with van der Waals surface area (Å²) in [5.74, 6) is 0.0141. The molecule has 0 fully saturated rings. The van der Waals surface area contributed by atoms with Crippen molar-refractivity contribution in [2.45, 2.75) is 85.8 Å². The van der Waals surface area contributed by atoms with Gasteiger partial charge in [-0.05, 0) is 52.9 Å². The van der Waals surface area contributed by atoms with Crippen molar-refractivity contribution in [1.82, 2.24) is 10.6 Å². The van der Waals surface area contributed by atoms with Crippen LogP contribution in [0.5, 0.6) is 0 Å². The summed E-state index contributed by atoms with van der Waals surface area (Å²) in [7, 11) is 0. The van der Waals surface area contributed by atoms with Gasteiger partial charge in [0.1, 0.15) is 5.60 Å². The molecule has 0 rings (SSSR count). The Kier molecular flexibility index (Phi) is 7.39. The van der Waals surface area contributed by atoms with Gasteiger partial charge in [0.05, 0.1) is 0 Å². The number of hydrogen-bond acceptors (Lipinski definition) is 3. The van der Waals surface area contributed by atoms with Gasteiger partial charge in [0.25, 0.3) is 0 Å². The molecule has 0 aromatic rings. The van der Waals surface area contributed by atoms with Crippen molar-refractivity contribution in [2.75, 3.05) is 6.54 Å². The van der Waals surface area contributed by atoms with Gasteiger partial charge in [0.2, 0.25) is 5.91 Å². The number of rotatable bonds is 6. The lowest BCUT2D eigenvalue weighted by Crippen LogP contribution is -2.45. The van der Waals surface area contributed by atoms with Gasteiger partial charge in [-0.25, -0.2) is 4.79 Å². The van der Waals surface area contributed by atoms with E-state index in [1.54, 1.807) is 0 Å². The van der Waals surface area contributed by atoms with Crippen molar-refractivity contribution < 1.29 is 14.3 Å². The molecular formula is C17H34N2O3. The number of alkyl carbamates (subject to hydrolysis) is 1. The number of ether oxygens (including phenoxy) is 1. The van der Waals surface area contributed by atoms with Crippen LogP contribution in [-0.2, 0) is 9.53 Å². The van der Waals surface area contributed by atoms with Crippen molar-refractivity contribution in [3.63, 3.8) is 0 Å². The minimum atomic E-state index is -0.502. The molecule has 0 unspecified atom stereocenters. The Labute approximate surface area is 135 Å². The average molecular weight is 314 g/mol. The second-order valence-electron chi connectivity index (χ2n) is 8.70. The molecule has 130 valence electrons. The number of carbonyl (C=O) groups excluding carboxylic acids is 2. The standard InChI is InChI=1S/C17H34N2O3/c1-15(2,3)12-17(7,8)19-13(20)10-9-11-18-14(21)22-16(4,5)6/h9-12H2,1-8H3,(H,18,21)(H,19,20). The molecule has 22 heavy (non-hydrogen) atoms. The second kappa shape index (κ2) is 7.84. The van der Waals surface area contributed by atoms with Crippen LogP contribution in [0.4, 0.5) is 4.79 Å². The Hall–Kier alpha value is -1.26. The zero-order valence-electron chi connectivity index (χ0n) is 15.6. The predicted octanol–water partition coefficient (Wildman–Crippen LogP) is 3.62. The third-order valence-corrected chi connectivity index (χ3v) is 2.70. The first-order valence-corrected chi connectivity index (χ1v) is 7.98. The topological polar surface area (TPSA) is 67.4 Å². The highest BCUT2D eigenvalue weighted by Gasteiger charge is 2.26. The van der Waals surface area contributed by atoms with Crippen LogP contribution in [0.2, 0.25) is 0 Å². The van der Waals surface area contributed by atoms with Crippen LogP contribution in [0.25, 0.3) is 0 Å². The zero-order valence-corrected chi connectivity index (χ0v) is 15.6. The summed E-state index contributed by atoms with van der Waals surface area (Å²) in [5.41, 5.74) is -0.568. The van der Waals surface area contributed by atoms with Gasteiger partial charge < -0.3 is 15.4 Å². The van der Waals surface area contributed by atoms with Crippen LogP contribution in [0.1, 0.15) is 74.7 Å². The third-order valence-electron chi connectivity index (χ3n) is 2.70. The molecule has 0 aromatic heterocycles. The molecule has 0 saturated carbocycles. The first-order chi connectivity index (χ1) is 9.70. The molecule has 0 saturated heterocycles. The number of amides is 2. The zero-order chi connectivity index (χ0) is 17.6. The van der Waals surface area contributed by atoms with E-state index in [1.807, 2.05) is 34.6 Å². The predicted molar refractivity (Wildman–Crippen MR) is 89.8 cm³/mol. The largest absolute Gasteiger partial charge is 0.444 e. The summed E-state index contributed by atoms with van der Waals surface area (Å²) in [5, 5.41) is 5.71. The molecule has 0 aromatic carbocycles. The van der Waals surface area contributed by atoms with Crippen LogP contribution in [-0.4, -0.2) is 29.7 Å². The normalized spacial score (nSPS) is 12.7. The Balaban J connectivity index is 3.98. The maximum atomic E-state index is 12.0. The second-order valence-corrected chi connectivity index (χ2v) is 8.70. The molecule has 0 aliphatic carbocycles. The van der Waals surface area contributed by atoms with E-state index in [4.69, 9.17) is 4.74 Å². The minimum Gasteiger partial charge on any atom is -0.444 e. The maximum absolute atomic E-state index is 12.0. The monoisotopic (exact) mass is 314 g/mol. The Morgan fingerprint density at radius 2 is 1.50 bits per heavy atom. The van der Waals surface area contributed by atoms with E-state index < -0.39 is 11.7 Å². The van der Waals surface area contributed by atoms with Crippen LogP contribution < -0.4 is 10.6 Å². The van der Waals surface area contributed by atoms with Crippen molar-refractivity contribution in [3.8, 4) is 0 Å². The smallest absolute Gasteiger partial charge is 0.407 e. The van der Waals surface area contributed by atoms with Crippen LogP contribution in [0.15, 0.2) is 0 Å². The third kappa shape index (κ3) is 12.5. The molecule has 0 heterocycles. The molecule has 0 bridgehead atoms. The van der Waals surface area contributed by atoms with Crippen molar-refractivity contribution in [1.29, 1.82) is 0 Å². The molecular weight excluding hydrogens is 280 g/mol. The van der Waals surface area contributed by atoms with E-state index in [1.165, 1.54) is 0 Å². The average Bonchev–Trinajstić information content (AvgIpc) is 2.17. The van der Waals surface area contributed by atoms with Crippen molar-refractivity contribution in [2.24, 2.45) is 5.41 Å². The van der Waals surface area contributed by atoms with E-state index in [-0.39, 0.29) is 16.9 Å². The van der Waals surface area contributed by atoms with Gasteiger partial charge in [0.15, 0.2) is 0 Å². The highest BCUT2D eigenvalue weighted by atomic mass is 16.6. The fourth-order valence-corrected chi connectivity index (χ4v) is 2.56. The van der Waals surface area contributed by atoms with Gasteiger partial charge in [-0.15, -0.1) is 0 Å². The highest BCUT2D eigenvalue weighted by molar-refractivity contribution is 5.76. The molecule has 0 atom stereocenters. The van der Waals surface area contributed by atoms with Gasteiger partial charge in [-0.3, -0.25) is 4.79 Å². The maximum Gasteiger partial charge on any atom is 0.407 e. The molecule has 2 N–H and O–H groups in total. The molecule has 0 aliphatic heterocycles. The first-order valence-electron chi connectivity index (χ1n) is 7.98. The van der Waals surface area contributed by atoms with E-state index in [0.717, 1.165) is 6.42 Å². The summed E-state index contributed by atoms with van der Waals surface area (Å²) in [4.78, 5) is 23.4. The van der Waals surface area contributed by atoms with Gasteiger partial charge in [0, 0.05) is 18.5 Å². The fraction of sp³-hybridized carbons (Fsp3) is 0.882. The van der Waals surface area contributed by atoms with E-state index in [9.17, 15) is 9.59 Å². The van der Waals surface area contributed by atoms with Crippen LogP contribution >= 0.6 is 0 Å². The number of carbonyl (C=O) groups is 2. The molecule has 2 amide bonds. The first kappa shape index (κ1) is 20.7. The quantitative estimate of drug-likeness (QED) is 0.736. The van der Waals surface area contributed by atoms with Crippen LogP contribution in [0, 0.1) is 5.41 Å². The summed E-state index contributed by atoms with van der Waals surface area (Å²) < 4.78 is 5.13. The Morgan fingerprint density at radius 1 is 0.955 bits per heavy atom. The van der Waals surface area contributed by atoms with Crippen molar-refractivity contribution in [3.05, 3.63) is 0 Å². The van der Waals surface area contributed by atoms with Gasteiger partial charge in [-0.2, -0.15) is 0 Å². The highest BCUT2D eigenvalue weighted by Crippen LogP contribution is 2.26. The molecule has 5 nitrogen and oxygen atoms in total. The summed E-state index contributed by atoms with van der Waals surface area (Å²) in [6.07, 6.45) is 1.45. The molecule has 5 heteroatoms. The van der Waals surface area contributed by atoms with E-state index >= 15 is 0 Å². The number of hydrogen-bond donors (Lipinski definition) is 2. The molecule has 0 spiro atoms. The lowest BCUT2D eigenvalue weighted by molar-refractivity contribution is -0.123. The Bertz CT molecular complexity index is 376. The van der Waals surface area contributed by atoms with Gasteiger partial charge in [-0.1, -0.05) is 20.8 Å². The van der Waals surface area contributed by atoms with E-state index in [0.29, 0.717) is 19.4 Å². The summed E-state index contributed by atoms with van der Waals surface area (Å²) in [6, 6.07) is 0. The number of nitrogens with one attached hydrogen (secondary N) is 2. The lowest BCUT2D eigenvalue weighted by atomic mass is 9.82. The lowest BCUT2D eigenvalue weighted by Gasteiger charge is -2.33. The fourth-order valence-electron chi connectivity index (χ4n) is 2.56. The molecule has 0 radical (unpaired) electrons. The Morgan fingerprint density at radius 3 is 1.95 bits per heavy atom. The van der Waals surface area contributed by atoms with Crippen molar-refractivity contribution >= 4 is 12.0 Å². The summed E-state index contributed by atoms with van der Waals surface area (Å²) >= 11 is 0. The summed E-state index contributed by atoms with van der Waals surface area (Å²) in [6.45, 7) is 16.4.